The third-order valence-electron chi connectivity index (χ3n) is 2.87. The van der Waals surface area contributed by atoms with Crippen molar-refractivity contribution in [3.8, 4) is 5.75 Å². The van der Waals surface area contributed by atoms with Gasteiger partial charge < -0.3 is 10.1 Å². The molecule has 1 aromatic carbocycles. The van der Waals surface area contributed by atoms with Crippen LogP contribution in [0.2, 0.25) is 0 Å². The minimum atomic E-state index is 0.664. The van der Waals surface area contributed by atoms with Gasteiger partial charge in [0.2, 0.25) is 0 Å². The number of halogens is 1. The van der Waals surface area contributed by atoms with Crippen molar-refractivity contribution in [1.29, 1.82) is 0 Å². The highest BCUT2D eigenvalue weighted by Gasteiger charge is 2.08. The summed E-state index contributed by atoms with van der Waals surface area (Å²) in [5.41, 5.74) is 1.28. The van der Waals surface area contributed by atoms with E-state index in [2.05, 4.69) is 41.2 Å². The van der Waals surface area contributed by atoms with Crippen LogP contribution in [0.3, 0.4) is 0 Å². The molecule has 1 unspecified atom stereocenters. The number of nitrogens with one attached hydrogen (secondary N) is 1. The molecule has 0 bridgehead atoms. The predicted molar refractivity (Wildman–Crippen MR) is 76.7 cm³/mol. The summed E-state index contributed by atoms with van der Waals surface area (Å²) in [6.45, 7) is 6.57. The van der Waals surface area contributed by atoms with E-state index in [4.69, 9.17) is 4.74 Å². The fraction of sp³-hybridized carbons (Fsp3) is 0.571. The zero-order valence-corrected chi connectivity index (χ0v) is 12.5. The van der Waals surface area contributed by atoms with Crippen molar-refractivity contribution in [1.82, 2.24) is 5.32 Å². The average Bonchev–Trinajstić information content (AvgIpc) is 2.29. The topological polar surface area (TPSA) is 21.3 Å². The van der Waals surface area contributed by atoms with E-state index in [0.29, 0.717) is 5.92 Å². The quantitative estimate of drug-likeness (QED) is 0.776. The number of rotatable bonds is 7. The molecule has 17 heavy (non-hydrogen) atoms. The van der Waals surface area contributed by atoms with Crippen LogP contribution in [-0.2, 0) is 6.42 Å². The average molecular weight is 300 g/mol. The summed E-state index contributed by atoms with van der Waals surface area (Å²) in [7, 11) is 1.73. The lowest BCUT2D eigenvalue weighted by molar-refractivity contribution is 0.403. The van der Waals surface area contributed by atoms with Crippen LogP contribution in [0.25, 0.3) is 0 Å². The van der Waals surface area contributed by atoms with Crippen molar-refractivity contribution in [2.24, 2.45) is 5.92 Å². The number of benzene rings is 1. The van der Waals surface area contributed by atoms with Crippen LogP contribution in [0.1, 0.15) is 25.8 Å². The third-order valence-corrected chi connectivity index (χ3v) is 3.37. The monoisotopic (exact) mass is 299 g/mol. The second kappa shape index (κ2) is 7.72. The van der Waals surface area contributed by atoms with E-state index in [-0.39, 0.29) is 0 Å². The Morgan fingerprint density at radius 3 is 2.82 bits per heavy atom. The van der Waals surface area contributed by atoms with Gasteiger partial charge in [0.1, 0.15) is 5.75 Å². The Kier molecular flexibility index (Phi) is 6.60. The van der Waals surface area contributed by atoms with Crippen molar-refractivity contribution in [2.45, 2.75) is 26.7 Å². The Hall–Kier alpha value is -0.540. The Labute approximate surface area is 113 Å². The van der Waals surface area contributed by atoms with Gasteiger partial charge in [0.25, 0.3) is 0 Å². The van der Waals surface area contributed by atoms with Gasteiger partial charge in [-0.05, 0) is 55.6 Å². The molecular formula is C14H22BrNO. The Morgan fingerprint density at radius 1 is 1.41 bits per heavy atom. The van der Waals surface area contributed by atoms with Gasteiger partial charge >= 0.3 is 0 Å². The van der Waals surface area contributed by atoms with Crippen LogP contribution in [0.15, 0.2) is 22.7 Å². The molecule has 0 aliphatic carbocycles. The first kappa shape index (κ1) is 14.5. The van der Waals surface area contributed by atoms with Crippen LogP contribution < -0.4 is 10.1 Å². The lowest BCUT2D eigenvalue weighted by Crippen LogP contribution is -2.17. The van der Waals surface area contributed by atoms with Gasteiger partial charge in [0.15, 0.2) is 0 Å². The number of ether oxygens (including phenoxy) is 1. The molecule has 1 aromatic rings. The second-order valence-electron chi connectivity index (χ2n) is 4.41. The van der Waals surface area contributed by atoms with Gasteiger partial charge in [-0.1, -0.05) is 29.8 Å². The van der Waals surface area contributed by atoms with E-state index in [1.54, 1.807) is 7.11 Å². The summed E-state index contributed by atoms with van der Waals surface area (Å²) in [5.74, 6) is 1.65. The van der Waals surface area contributed by atoms with Gasteiger partial charge in [-0.25, -0.2) is 0 Å². The molecule has 0 saturated carbocycles. The highest BCUT2D eigenvalue weighted by atomic mass is 79.9. The Bertz CT molecular complexity index is 341. The van der Waals surface area contributed by atoms with Crippen LogP contribution in [-0.4, -0.2) is 20.2 Å². The Balaban J connectivity index is 2.57. The molecule has 0 aliphatic rings. The van der Waals surface area contributed by atoms with Crippen LogP contribution in [0.4, 0.5) is 0 Å². The molecule has 0 aliphatic heterocycles. The minimum Gasteiger partial charge on any atom is -0.496 e. The molecule has 1 atom stereocenters. The molecule has 0 radical (unpaired) electrons. The van der Waals surface area contributed by atoms with E-state index in [0.717, 1.165) is 29.7 Å². The highest BCUT2D eigenvalue weighted by molar-refractivity contribution is 9.10. The largest absolute Gasteiger partial charge is 0.496 e. The van der Waals surface area contributed by atoms with Crippen molar-refractivity contribution in [3.05, 3.63) is 28.2 Å². The lowest BCUT2D eigenvalue weighted by Gasteiger charge is -2.14. The summed E-state index contributed by atoms with van der Waals surface area (Å²) in [6.07, 6.45) is 2.26. The van der Waals surface area contributed by atoms with E-state index in [1.807, 2.05) is 12.1 Å². The zero-order chi connectivity index (χ0) is 12.7. The summed E-state index contributed by atoms with van der Waals surface area (Å²) < 4.78 is 6.51. The standard InChI is InChI=1S/C14H22BrNO/c1-4-16-8-7-11(2)9-12-10-13(15)5-6-14(12)17-3/h5-6,10-11,16H,4,7-9H2,1-3H3. The third kappa shape index (κ3) is 5.09. The van der Waals surface area contributed by atoms with Gasteiger partial charge in [0.05, 0.1) is 7.11 Å². The zero-order valence-electron chi connectivity index (χ0n) is 10.9. The van der Waals surface area contributed by atoms with Crippen molar-refractivity contribution in [2.75, 3.05) is 20.2 Å². The van der Waals surface area contributed by atoms with Gasteiger partial charge in [0, 0.05) is 4.47 Å². The van der Waals surface area contributed by atoms with Crippen LogP contribution in [0, 0.1) is 5.92 Å². The summed E-state index contributed by atoms with van der Waals surface area (Å²) in [5, 5.41) is 3.36. The first-order valence-corrected chi connectivity index (χ1v) is 6.99. The van der Waals surface area contributed by atoms with Gasteiger partial charge in [-0.3, -0.25) is 0 Å². The van der Waals surface area contributed by atoms with Crippen molar-refractivity contribution >= 4 is 15.9 Å². The molecule has 1 N–H and O–H groups in total. The molecule has 0 heterocycles. The summed E-state index contributed by atoms with van der Waals surface area (Å²) >= 11 is 3.51. The predicted octanol–water partition coefficient (Wildman–Crippen LogP) is 3.64. The summed E-state index contributed by atoms with van der Waals surface area (Å²) in [6, 6.07) is 6.20. The molecule has 1 rings (SSSR count). The van der Waals surface area contributed by atoms with E-state index >= 15 is 0 Å². The maximum absolute atomic E-state index is 5.39. The first-order valence-electron chi connectivity index (χ1n) is 6.20. The maximum Gasteiger partial charge on any atom is 0.122 e. The van der Waals surface area contributed by atoms with Crippen molar-refractivity contribution in [3.63, 3.8) is 0 Å². The van der Waals surface area contributed by atoms with Gasteiger partial charge in [-0.15, -0.1) is 0 Å². The second-order valence-corrected chi connectivity index (χ2v) is 5.32. The van der Waals surface area contributed by atoms with Gasteiger partial charge in [-0.2, -0.15) is 0 Å². The normalized spacial score (nSPS) is 12.5. The van der Waals surface area contributed by atoms with Crippen molar-refractivity contribution < 1.29 is 4.74 Å². The highest BCUT2D eigenvalue weighted by Crippen LogP contribution is 2.26. The minimum absolute atomic E-state index is 0.664. The lowest BCUT2D eigenvalue weighted by atomic mass is 9.97. The number of hydrogen-bond acceptors (Lipinski definition) is 2. The Morgan fingerprint density at radius 2 is 2.18 bits per heavy atom. The molecule has 0 fully saturated rings. The van der Waals surface area contributed by atoms with E-state index in [1.165, 1.54) is 12.0 Å². The number of methoxy groups -OCH3 is 1. The van der Waals surface area contributed by atoms with Crippen LogP contribution >= 0.6 is 15.9 Å². The molecule has 2 nitrogen and oxygen atoms in total. The fourth-order valence-electron chi connectivity index (χ4n) is 1.91. The molecule has 0 saturated heterocycles. The molecule has 0 amide bonds. The molecule has 3 heteroatoms. The number of hydrogen-bond donors (Lipinski definition) is 1. The molecule has 0 spiro atoms. The van der Waals surface area contributed by atoms with E-state index in [9.17, 15) is 0 Å². The summed E-state index contributed by atoms with van der Waals surface area (Å²) in [4.78, 5) is 0. The smallest absolute Gasteiger partial charge is 0.122 e. The first-order chi connectivity index (χ1) is 8.17. The maximum atomic E-state index is 5.39. The van der Waals surface area contributed by atoms with E-state index < -0.39 is 0 Å². The van der Waals surface area contributed by atoms with Crippen LogP contribution in [0.5, 0.6) is 5.75 Å². The SMILES string of the molecule is CCNCCC(C)Cc1cc(Br)ccc1OC. The fourth-order valence-corrected chi connectivity index (χ4v) is 2.32. The molecule has 0 aromatic heterocycles. The molecular weight excluding hydrogens is 278 g/mol. The molecule has 96 valence electrons.